The first-order chi connectivity index (χ1) is 11.1. The Morgan fingerprint density at radius 1 is 0.957 bits per heavy atom. The molecule has 0 heterocycles. The molecule has 2 nitrogen and oxygen atoms in total. The molecule has 0 atom stereocenters. The third-order valence-corrected chi connectivity index (χ3v) is 4.28. The molecule has 0 aliphatic rings. The molecule has 0 spiro atoms. The van der Waals surface area contributed by atoms with Crippen molar-refractivity contribution in [2.24, 2.45) is 0 Å². The van der Waals surface area contributed by atoms with Crippen LogP contribution >= 0.6 is 0 Å². The average Bonchev–Trinajstić information content (AvgIpc) is 2.55. The Balaban J connectivity index is 2.13. The van der Waals surface area contributed by atoms with E-state index in [0.29, 0.717) is 6.61 Å². The van der Waals surface area contributed by atoms with Crippen LogP contribution < -0.4 is 4.74 Å². The molecule has 0 saturated carbocycles. The molecule has 0 aromatic heterocycles. The minimum atomic E-state index is -0.716. The van der Waals surface area contributed by atoms with Crippen molar-refractivity contribution in [2.45, 2.75) is 58.7 Å². The summed E-state index contributed by atoms with van der Waals surface area (Å²) in [5.41, 5.74) is 2.52. The SMILES string of the molecule is CCCC(O)(CCC)c1ccc(OCc2ccccc2)c(C)c1. The number of hydrogen-bond donors (Lipinski definition) is 1. The van der Waals surface area contributed by atoms with Crippen LogP contribution in [0.2, 0.25) is 0 Å². The highest BCUT2D eigenvalue weighted by Gasteiger charge is 2.27. The summed E-state index contributed by atoms with van der Waals surface area (Å²) in [4.78, 5) is 0. The minimum absolute atomic E-state index is 0.565. The van der Waals surface area contributed by atoms with Crippen LogP contribution in [-0.2, 0) is 12.2 Å². The summed E-state index contributed by atoms with van der Waals surface area (Å²) in [6, 6.07) is 16.2. The van der Waals surface area contributed by atoms with Gasteiger partial charge in [0.25, 0.3) is 0 Å². The number of ether oxygens (including phenoxy) is 1. The van der Waals surface area contributed by atoms with Crippen molar-refractivity contribution in [3.63, 3.8) is 0 Å². The van der Waals surface area contributed by atoms with Gasteiger partial charge in [0.2, 0.25) is 0 Å². The molecule has 124 valence electrons. The van der Waals surface area contributed by atoms with E-state index >= 15 is 0 Å². The fourth-order valence-corrected chi connectivity index (χ4v) is 3.08. The maximum Gasteiger partial charge on any atom is 0.122 e. The lowest BCUT2D eigenvalue weighted by atomic mass is 9.84. The van der Waals surface area contributed by atoms with E-state index in [2.05, 4.69) is 32.0 Å². The number of rotatable bonds is 8. The van der Waals surface area contributed by atoms with Gasteiger partial charge in [-0.25, -0.2) is 0 Å². The van der Waals surface area contributed by atoms with E-state index in [1.807, 2.05) is 37.3 Å². The molecule has 0 saturated heterocycles. The fourth-order valence-electron chi connectivity index (χ4n) is 3.08. The van der Waals surface area contributed by atoms with Gasteiger partial charge in [-0.3, -0.25) is 0 Å². The maximum atomic E-state index is 11.0. The van der Waals surface area contributed by atoms with E-state index in [-0.39, 0.29) is 0 Å². The molecule has 0 unspecified atom stereocenters. The van der Waals surface area contributed by atoms with Gasteiger partial charge in [0, 0.05) is 0 Å². The predicted molar refractivity (Wildman–Crippen MR) is 95.7 cm³/mol. The Hall–Kier alpha value is -1.80. The molecule has 0 radical (unpaired) electrons. The molecule has 2 aromatic rings. The smallest absolute Gasteiger partial charge is 0.122 e. The summed E-state index contributed by atoms with van der Waals surface area (Å²) >= 11 is 0. The van der Waals surface area contributed by atoms with Crippen LogP contribution in [0.25, 0.3) is 0 Å². The quantitative estimate of drug-likeness (QED) is 0.711. The van der Waals surface area contributed by atoms with Crippen LogP contribution in [0.3, 0.4) is 0 Å². The van der Waals surface area contributed by atoms with Crippen molar-refractivity contribution in [1.82, 2.24) is 0 Å². The monoisotopic (exact) mass is 312 g/mol. The van der Waals surface area contributed by atoms with E-state index in [4.69, 9.17) is 4.74 Å². The number of aryl methyl sites for hydroxylation is 1. The molecule has 0 aliphatic carbocycles. The van der Waals surface area contributed by atoms with Crippen LogP contribution in [0.1, 0.15) is 56.2 Å². The first kappa shape index (κ1) is 17.6. The highest BCUT2D eigenvalue weighted by atomic mass is 16.5. The molecular weight excluding hydrogens is 284 g/mol. The zero-order chi connectivity index (χ0) is 16.7. The van der Waals surface area contributed by atoms with Crippen LogP contribution in [0.5, 0.6) is 5.75 Å². The zero-order valence-electron chi connectivity index (χ0n) is 14.5. The highest BCUT2D eigenvalue weighted by molar-refractivity contribution is 5.38. The third-order valence-electron chi connectivity index (χ3n) is 4.28. The molecule has 2 rings (SSSR count). The standard InChI is InChI=1S/C21H28O2/c1-4-13-21(22,14-5-2)19-11-12-20(17(3)15-19)23-16-18-9-7-6-8-10-18/h6-12,15,22H,4-5,13-14,16H2,1-3H3. The van der Waals surface area contributed by atoms with E-state index < -0.39 is 5.60 Å². The maximum absolute atomic E-state index is 11.0. The molecule has 0 fully saturated rings. The number of benzene rings is 2. The summed E-state index contributed by atoms with van der Waals surface area (Å²) in [5.74, 6) is 0.882. The largest absolute Gasteiger partial charge is 0.489 e. The second kappa shape index (κ2) is 8.16. The second-order valence-electron chi connectivity index (χ2n) is 6.29. The molecule has 2 heteroatoms. The molecule has 1 N–H and O–H groups in total. The van der Waals surface area contributed by atoms with Gasteiger partial charge < -0.3 is 9.84 Å². The first-order valence-corrected chi connectivity index (χ1v) is 8.59. The predicted octanol–water partition coefficient (Wildman–Crippen LogP) is 5.36. The Kier molecular flexibility index (Phi) is 6.23. The van der Waals surface area contributed by atoms with Gasteiger partial charge in [-0.05, 0) is 48.6 Å². The molecule has 0 bridgehead atoms. The minimum Gasteiger partial charge on any atom is -0.489 e. The van der Waals surface area contributed by atoms with E-state index in [0.717, 1.165) is 48.1 Å². The number of aliphatic hydroxyl groups is 1. The molecule has 0 amide bonds. The summed E-state index contributed by atoms with van der Waals surface area (Å²) in [6.45, 7) is 6.84. The Bertz CT molecular complexity index is 598. The van der Waals surface area contributed by atoms with Crippen molar-refractivity contribution in [1.29, 1.82) is 0 Å². The highest BCUT2D eigenvalue weighted by Crippen LogP contribution is 2.34. The summed E-state index contributed by atoms with van der Waals surface area (Å²) in [7, 11) is 0. The first-order valence-electron chi connectivity index (χ1n) is 8.59. The summed E-state index contributed by atoms with van der Waals surface area (Å²) in [6.07, 6.45) is 3.54. The van der Waals surface area contributed by atoms with Crippen molar-refractivity contribution in [3.8, 4) is 5.75 Å². The van der Waals surface area contributed by atoms with Gasteiger partial charge in [0.15, 0.2) is 0 Å². The lowest BCUT2D eigenvalue weighted by Gasteiger charge is -2.29. The average molecular weight is 312 g/mol. The van der Waals surface area contributed by atoms with Crippen LogP contribution in [0.15, 0.2) is 48.5 Å². The Morgan fingerprint density at radius 3 is 2.17 bits per heavy atom. The van der Waals surface area contributed by atoms with Gasteiger partial charge in [0.1, 0.15) is 12.4 Å². The van der Waals surface area contributed by atoms with E-state index in [9.17, 15) is 5.11 Å². The summed E-state index contributed by atoms with van der Waals surface area (Å²) in [5, 5.41) is 11.0. The van der Waals surface area contributed by atoms with Gasteiger partial charge >= 0.3 is 0 Å². The van der Waals surface area contributed by atoms with Gasteiger partial charge in [-0.2, -0.15) is 0 Å². The van der Waals surface area contributed by atoms with Gasteiger partial charge in [-0.15, -0.1) is 0 Å². The molecule has 0 aliphatic heterocycles. The molecule has 23 heavy (non-hydrogen) atoms. The lowest BCUT2D eigenvalue weighted by Crippen LogP contribution is -2.25. The topological polar surface area (TPSA) is 29.5 Å². The van der Waals surface area contributed by atoms with Crippen molar-refractivity contribution < 1.29 is 9.84 Å². The fraction of sp³-hybridized carbons (Fsp3) is 0.429. The third kappa shape index (κ3) is 4.59. The van der Waals surface area contributed by atoms with Gasteiger partial charge in [-0.1, -0.05) is 63.1 Å². The molecular formula is C21H28O2. The Morgan fingerprint density at radius 2 is 1.61 bits per heavy atom. The Labute approximate surface area is 140 Å². The normalized spacial score (nSPS) is 11.5. The van der Waals surface area contributed by atoms with Crippen molar-refractivity contribution in [2.75, 3.05) is 0 Å². The van der Waals surface area contributed by atoms with Crippen molar-refractivity contribution in [3.05, 3.63) is 65.2 Å². The summed E-state index contributed by atoms with van der Waals surface area (Å²) < 4.78 is 5.93. The van der Waals surface area contributed by atoms with Crippen LogP contribution in [-0.4, -0.2) is 5.11 Å². The number of hydrogen-bond acceptors (Lipinski definition) is 2. The van der Waals surface area contributed by atoms with E-state index in [1.54, 1.807) is 0 Å². The van der Waals surface area contributed by atoms with E-state index in [1.165, 1.54) is 0 Å². The van der Waals surface area contributed by atoms with Crippen molar-refractivity contribution >= 4 is 0 Å². The zero-order valence-corrected chi connectivity index (χ0v) is 14.5. The second-order valence-corrected chi connectivity index (χ2v) is 6.29. The van der Waals surface area contributed by atoms with Gasteiger partial charge in [0.05, 0.1) is 5.60 Å². The van der Waals surface area contributed by atoms with Crippen LogP contribution in [0.4, 0.5) is 0 Å². The lowest BCUT2D eigenvalue weighted by molar-refractivity contribution is 0.0169. The van der Waals surface area contributed by atoms with Crippen LogP contribution in [0, 0.1) is 6.92 Å². The molecule has 2 aromatic carbocycles.